The Morgan fingerprint density at radius 3 is 2.74 bits per heavy atom. The van der Waals surface area contributed by atoms with Crippen LogP contribution >= 0.6 is 0 Å². The summed E-state index contributed by atoms with van der Waals surface area (Å²) >= 11 is 0. The molecule has 0 aromatic rings. The lowest BCUT2D eigenvalue weighted by molar-refractivity contribution is -0.301. The van der Waals surface area contributed by atoms with E-state index in [1.807, 2.05) is 0 Å². The zero-order valence-electron chi connectivity index (χ0n) is 14.2. The minimum atomic E-state index is -0.834. The number of carbonyl (C=O) groups excluding carboxylic acids is 1. The van der Waals surface area contributed by atoms with Gasteiger partial charge in [0.05, 0.1) is 17.2 Å². The van der Waals surface area contributed by atoms with E-state index in [4.69, 9.17) is 4.74 Å². The van der Waals surface area contributed by atoms with Gasteiger partial charge in [-0.25, -0.2) is 0 Å². The Bertz CT molecular complexity index is 509. The largest absolute Gasteiger partial charge is 0.462 e. The molecule has 5 heteroatoms. The van der Waals surface area contributed by atoms with Crippen molar-refractivity contribution in [2.45, 2.75) is 75.7 Å². The molecule has 0 radical (unpaired) electrons. The molecule has 2 N–H and O–H groups in total. The molecule has 4 fully saturated rings. The Morgan fingerprint density at radius 2 is 2.00 bits per heavy atom. The second kappa shape index (κ2) is 5.17. The minimum Gasteiger partial charge on any atom is -0.462 e. The topological polar surface area (TPSA) is 70.0 Å². The van der Waals surface area contributed by atoms with Crippen molar-refractivity contribution in [1.29, 1.82) is 0 Å². The Labute approximate surface area is 138 Å². The van der Waals surface area contributed by atoms with E-state index in [9.17, 15) is 15.0 Å². The molecule has 1 spiro atoms. The molecule has 130 valence electrons. The van der Waals surface area contributed by atoms with Crippen LogP contribution in [0.4, 0.5) is 0 Å². The van der Waals surface area contributed by atoms with E-state index >= 15 is 0 Å². The number of hydrogen-bond donors (Lipinski definition) is 2. The van der Waals surface area contributed by atoms with Crippen molar-refractivity contribution in [2.75, 3.05) is 13.1 Å². The fourth-order valence-corrected chi connectivity index (χ4v) is 6.68. The van der Waals surface area contributed by atoms with Crippen molar-refractivity contribution >= 4 is 5.97 Å². The number of carbonyl (C=O) groups is 1. The summed E-state index contributed by atoms with van der Waals surface area (Å²) in [4.78, 5) is 14.1. The molecule has 0 unspecified atom stereocenters. The minimum absolute atomic E-state index is 0.166. The maximum Gasteiger partial charge on any atom is 0.302 e. The predicted octanol–water partition coefficient (Wildman–Crippen LogP) is 1.31. The lowest BCUT2D eigenvalue weighted by atomic mass is 9.45. The highest BCUT2D eigenvalue weighted by molar-refractivity contribution is 5.66. The highest BCUT2D eigenvalue weighted by Crippen LogP contribution is 2.62. The van der Waals surface area contributed by atoms with Gasteiger partial charge in [0.2, 0.25) is 0 Å². The van der Waals surface area contributed by atoms with Crippen LogP contribution in [0.25, 0.3) is 0 Å². The summed E-state index contributed by atoms with van der Waals surface area (Å²) in [5.41, 5.74) is -1.15. The Kier molecular flexibility index (Phi) is 3.56. The number of ether oxygens (including phenoxy) is 1. The third-order valence-corrected chi connectivity index (χ3v) is 7.35. The maximum atomic E-state index is 11.8. The van der Waals surface area contributed by atoms with Crippen LogP contribution in [-0.4, -0.2) is 57.5 Å². The SMILES string of the molecule is CC(=O)O[C@@H]1C[C@@H]2[C@H](O)[C@@H](C)C[C@@]34[C@@H]1CCCN3CCC[C@]24O. The normalized spacial score (nSPS) is 52.6. The number of aliphatic hydroxyl groups is 2. The molecule has 2 saturated heterocycles. The van der Waals surface area contributed by atoms with Crippen molar-refractivity contribution in [2.24, 2.45) is 17.8 Å². The quantitative estimate of drug-likeness (QED) is 0.712. The highest BCUT2D eigenvalue weighted by Gasteiger charge is 2.72. The van der Waals surface area contributed by atoms with Gasteiger partial charge in [-0.1, -0.05) is 6.92 Å². The van der Waals surface area contributed by atoms with Gasteiger partial charge in [-0.3, -0.25) is 9.69 Å². The average molecular weight is 323 g/mol. The number of hydrogen-bond acceptors (Lipinski definition) is 5. The molecule has 4 aliphatic rings. The summed E-state index contributed by atoms with van der Waals surface area (Å²) < 4.78 is 5.70. The van der Waals surface area contributed by atoms with Gasteiger partial charge in [-0.2, -0.15) is 0 Å². The summed E-state index contributed by atoms with van der Waals surface area (Å²) in [6.45, 7) is 5.60. The van der Waals surface area contributed by atoms with Crippen LogP contribution in [0, 0.1) is 17.8 Å². The Balaban J connectivity index is 1.83. The van der Waals surface area contributed by atoms with Crippen LogP contribution in [0.2, 0.25) is 0 Å². The summed E-state index contributed by atoms with van der Waals surface area (Å²) in [7, 11) is 0. The van der Waals surface area contributed by atoms with Crippen LogP contribution in [0.15, 0.2) is 0 Å². The molecule has 2 aliphatic carbocycles. The van der Waals surface area contributed by atoms with E-state index < -0.39 is 11.7 Å². The zero-order chi connectivity index (χ0) is 16.4. The molecule has 4 rings (SSSR count). The molecule has 2 heterocycles. The number of aliphatic hydroxyl groups excluding tert-OH is 1. The second-order valence-electron chi connectivity index (χ2n) is 8.35. The molecule has 2 saturated carbocycles. The average Bonchev–Trinajstić information content (AvgIpc) is 2.48. The molecule has 0 aromatic carbocycles. The molecule has 0 amide bonds. The van der Waals surface area contributed by atoms with E-state index in [0.29, 0.717) is 6.42 Å². The van der Waals surface area contributed by atoms with Gasteiger partial charge in [0.15, 0.2) is 0 Å². The van der Waals surface area contributed by atoms with Crippen molar-refractivity contribution in [3.63, 3.8) is 0 Å². The van der Waals surface area contributed by atoms with Crippen LogP contribution in [-0.2, 0) is 9.53 Å². The molecule has 5 nitrogen and oxygen atoms in total. The van der Waals surface area contributed by atoms with Gasteiger partial charge in [0.25, 0.3) is 0 Å². The Morgan fingerprint density at radius 1 is 1.26 bits per heavy atom. The monoisotopic (exact) mass is 323 g/mol. The number of piperidine rings is 2. The first kappa shape index (κ1) is 15.9. The van der Waals surface area contributed by atoms with Crippen LogP contribution in [0.5, 0.6) is 0 Å². The third-order valence-electron chi connectivity index (χ3n) is 7.35. The molecule has 23 heavy (non-hydrogen) atoms. The Hall–Kier alpha value is -0.650. The van der Waals surface area contributed by atoms with Crippen molar-refractivity contribution in [1.82, 2.24) is 4.90 Å². The fraction of sp³-hybridized carbons (Fsp3) is 0.944. The second-order valence-corrected chi connectivity index (χ2v) is 8.35. The lowest BCUT2D eigenvalue weighted by Crippen LogP contribution is -2.82. The van der Waals surface area contributed by atoms with Gasteiger partial charge in [0, 0.05) is 18.8 Å². The van der Waals surface area contributed by atoms with Crippen molar-refractivity contribution in [3.05, 3.63) is 0 Å². The molecule has 2 bridgehead atoms. The maximum absolute atomic E-state index is 11.8. The molecular formula is C18H29NO4. The smallest absolute Gasteiger partial charge is 0.302 e. The first-order chi connectivity index (χ1) is 10.9. The number of esters is 1. The van der Waals surface area contributed by atoms with Crippen molar-refractivity contribution in [3.8, 4) is 0 Å². The predicted molar refractivity (Wildman–Crippen MR) is 84.7 cm³/mol. The van der Waals surface area contributed by atoms with E-state index in [2.05, 4.69) is 11.8 Å². The van der Waals surface area contributed by atoms with Crippen LogP contribution < -0.4 is 0 Å². The molecule has 7 atom stereocenters. The molecule has 0 aromatic heterocycles. The first-order valence-electron chi connectivity index (χ1n) is 9.23. The summed E-state index contributed by atoms with van der Waals surface area (Å²) in [5.74, 6) is -0.0606. The third kappa shape index (κ3) is 1.93. The van der Waals surface area contributed by atoms with Crippen molar-refractivity contribution < 1.29 is 19.7 Å². The van der Waals surface area contributed by atoms with Gasteiger partial charge in [-0.05, 0) is 57.5 Å². The van der Waals surface area contributed by atoms with E-state index in [0.717, 1.165) is 45.2 Å². The van der Waals surface area contributed by atoms with Crippen LogP contribution in [0.3, 0.4) is 0 Å². The van der Waals surface area contributed by atoms with E-state index in [-0.39, 0.29) is 35.4 Å². The molecular weight excluding hydrogens is 294 g/mol. The summed E-state index contributed by atoms with van der Waals surface area (Å²) in [6, 6.07) is 0. The fourth-order valence-electron chi connectivity index (χ4n) is 6.68. The van der Waals surface area contributed by atoms with E-state index in [1.165, 1.54) is 6.92 Å². The summed E-state index contributed by atoms with van der Waals surface area (Å²) in [5, 5.41) is 22.6. The van der Waals surface area contributed by atoms with Gasteiger partial charge in [-0.15, -0.1) is 0 Å². The first-order valence-corrected chi connectivity index (χ1v) is 9.23. The van der Waals surface area contributed by atoms with Gasteiger partial charge in [0.1, 0.15) is 6.10 Å². The number of nitrogens with zero attached hydrogens (tertiary/aromatic N) is 1. The lowest BCUT2D eigenvalue weighted by Gasteiger charge is -2.72. The highest BCUT2D eigenvalue weighted by atomic mass is 16.5. The van der Waals surface area contributed by atoms with E-state index in [1.54, 1.807) is 0 Å². The zero-order valence-corrected chi connectivity index (χ0v) is 14.2. The van der Waals surface area contributed by atoms with Crippen LogP contribution in [0.1, 0.15) is 52.4 Å². The van der Waals surface area contributed by atoms with Gasteiger partial charge < -0.3 is 14.9 Å². The van der Waals surface area contributed by atoms with Gasteiger partial charge >= 0.3 is 5.97 Å². The summed E-state index contributed by atoms with van der Waals surface area (Å²) in [6.07, 6.45) is 4.59. The number of rotatable bonds is 1. The standard InChI is InChI=1S/C18H29NO4/c1-11-10-17-13-5-3-7-19(17)8-4-6-18(17,22)14(16(11)21)9-15(13)23-12(2)20/h11,13-16,21-22H,3-10H2,1-2H3/t11-,13+,14+,15+,16+,17-,18-/m0/s1. The molecule has 2 aliphatic heterocycles.